The van der Waals surface area contributed by atoms with Crippen molar-refractivity contribution < 1.29 is 4.74 Å². The molecule has 0 saturated carbocycles. The van der Waals surface area contributed by atoms with Crippen molar-refractivity contribution in [2.45, 2.75) is 5.41 Å². The Hall–Kier alpha value is -3.36. The van der Waals surface area contributed by atoms with Gasteiger partial charge in [-0.1, -0.05) is 101 Å². The molecule has 1 nitrogen and oxygen atoms in total. The molecule has 2 aliphatic rings. The van der Waals surface area contributed by atoms with Crippen molar-refractivity contribution in [1.82, 2.24) is 0 Å². The van der Waals surface area contributed by atoms with Crippen molar-refractivity contribution in [3.8, 4) is 22.6 Å². The second-order valence-electron chi connectivity index (χ2n) is 8.22. The Kier molecular flexibility index (Phi) is 3.40. The minimum absolute atomic E-state index is 0.413. The van der Waals surface area contributed by atoms with Gasteiger partial charge < -0.3 is 4.74 Å². The summed E-state index contributed by atoms with van der Waals surface area (Å²) in [4.78, 5) is 0. The summed E-state index contributed by atoms with van der Waals surface area (Å²) in [5, 5.41) is 2.54. The maximum absolute atomic E-state index is 6.40. The molecule has 1 aliphatic heterocycles. The van der Waals surface area contributed by atoms with E-state index in [1.807, 2.05) is 0 Å². The molecular weight excluding hydrogens is 444 g/mol. The molecule has 0 radical (unpaired) electrons. The van der Waals surface area contributed by atoms with Gasteiger partial charge in [0.2, 0.25) is 0 Å². The highest BCUT2D eigenvalue weighted by molar-refractivity contribution is 9.10. The van der Waals surface area contributed by atoms with Gasteiger partial charge in [0.25, 0.3) is 0 Å². The van der Waals surface area contributed by atoms with E-state index in [-0.39, 0.29) is 0 Å². The summed E-state index contributed by atoms with van der Waals surface area (Å²) in [6.07, 6.45) is 0. The van der Waals surface area contributed by atoms with Gasteiger partial charge in [-0.3, -0.25) is 0 Å². The quantitative estimate of drug-likeness (QED) is 0.222. The van der Waals surface area contributed by atoms with Gasteiger partial charge >= 0.3 is 0 Å². The van der Waals surface area contributed by atoms with Crippen LogP contribution in [0.2, 0.25) is 0 Å². The SMILES string of the molecule is Brc1cccc2c1-c1c(ccc3ccccc13)C21c2ccccc2Oc2ccccc21. The fourth-order valence-corrected chi connectivity index (χ4v) is 6.23. The van der Waals surface area contributed by atoms with Crippen molar-refractivity contribution in [3.05, 3.63) is 130 Å². The van der Waals surface area contributed by atoms with E-state index in [0.29, 0.717) is 0 Å². The van der Waals surface area contributed by atoms with Crippen LogP contribution in [0.25, 0.3) is 21.9 Å². The van der Waals surface area contributed by atoms with Crippen molar-refractivity contribution in [3.63, 3.8) is 0 Å². The summed E-state index contributed by atoms with van der Waals surface area (Å²) < 4.78 is 7.53. The molecule has 2 heteroatoms. The largest absolute Gasteiger partial charge is 0.457 e. The monoisotopic (exact) mass is 460 g/mol. The molecule has 7 rings (SSSR count). The smallest absolute Gasteiger partial charge is 0.132 e. The molecule has 1 spiro atoms. The van der Waals surface area contributed by atoms with Gasteiger partial charge in [0.1, 0.15) is 11.5 Å². The Morgan fingerprint density at radius 2 is 1.13 bits per heavy atom. The van der Waals surface area contributed by atoms with Crippen LogP contribution in [-0.4, -0.2) is 0 Å². The van der Waals surface area contributed by atoms with Crippen molar-refractivity contribution in [1.29, 1.82) is 0 Å². The van der Waals surface area contributed by atoms with E-state index < -0.39 is 5.41 Å². The number of hydrogen-bond acceptors (Lipinski definition) is 1. The first-order valence-corrected chi connectivity index (χ1v) is 11.3. The third-order valence-corrected chi connectivity index (χ3v) is 7.46. The summed E-state index contributed by atoms with van der Waals surface area (Å²) in [6, 6.07) is 36.8. The number of halogens is 1. The Bertz CT molecular complexity index is 1490. The molecule has 31 heavy (non-hydrogen) atoms. The molecule has 0 atom stereocenters. The predicted molar refractivity (Wildman–Crippen MR) is 129 cm³/mol. The molecule has 0 bridgehead atoms. The van der Waals surface area contributed by atoms with E-state index in [9.17, 15) is 0 Å². The van der Waals surface area contributed by atoms with Crippen LogP contribution in [0.4, 0.5) is 0 Å². The summed E-state index contributed by atoms with van der Waals surface area (Å²) >= 11 is 3.90. The Balaban J connectivity index is 1.76. The molecule has 0 fully saturated rings. The van der Waals surface area contributed by atoms with Crippen LogP contribution in [0, 0.1) is 0 Å². The Morgan fingerprint density at radius 3 is 1.90 bits per heavy atom. The molecule has 5 aromatic rings. The standard InChI is InChI=1S/C29H17BrO/c30-24-13-7-12-22-28(24)27-19-9-2-1-8-18(19)16-17-23(27)29(22)20-10-3-5-14-25(20)31-26-15-6-4-11-21(26)29/h1-17H. The summed E-state index contributed by atoms with van der Waals surface area (Å²) in [5.74, 6) is 1.85. The summed E-state index contributed by atoms with van der Waals surface area (Å²) in [6.45, 7) is 0. The third-order valence-electron chi connectivity index (χ3n) is 6.80. The topological polar surface area (TPSA) is 9.23 Å². The fourth-order valence-electron chi connectivity index (χ4n) is 5.66. The Morgan fingerprint density at radius 1 is 0.516 bits per heavy atom. The maximum atomic E-state index is 6.40. The zero-order valence-electron chi connectivity index (χ0n) is 16.6. The van der Waals surface area contributed by atoms with Crippen LogP contribution >= 0.6 is 15.9 Å². The molecule has 0 unspecified atom stereocenters. The van der Waals surface area contributed by atoms with Gasteiger partial charge in [-0.05, 0) is 45.7 Å². The van der Waals surface area contributed by atoms with Crippen LogP contribution < -0.4 is 4.74 Å². The summed E-state index contributed by atoms with van der Waals surface area (Å²) in [7, 11) is 0. The number of ether oxygens (including phenoxy) is 1. The fraction of sp³-hybridized carbons (Fsp3) is 0.0345. The second-order valence-corrected chi connectivity index (χ2v) is 9.07. The number of para-hydroxylation sites is 2. The molecule has 146 valence electrons. The first-order valence-electron chi connectivity index (χ1n) is 10.5. The molecule has 0 N–H and O–H groups in total. The first-order chi connectivity index (χ1) is 15.3. The maximum Gasteiger partial charge on any atom is 0.132 e. The minimum Gasteiger partial charge on any atom is -0.457 e. The lowest BCUT2D eigenvalue weighted by Crippen LogP contribution is -2.32. The molecule has 0 amide bonds. The number of rotatable bonds is 0. The second kappa shape index (κ2) is 6.09. The van der Waals surface area contributed by atoms with Crippen LogP contribution in [0.3, 0.4) is 0 Å². The van der Waals surface area contributed by atoms with Gasteiger partial charge in [0.15, 0.2) is 0 Å². The van der Waals surface area contributed by atoms with Gasteiger partial charge in [0.05, 0.1) is 5.41 Å². The van der Waals surface area contributed by atoms with E-state index in [1.54, 1.807) is 0 Å². The highest BCUT2D eigenvalue weighted by Gasteiger charge is 2.51. The average molecular weight is 461 g/mol. The average Bonchev–Trinajstić information content (AvgIpc) is 3.12. The number of benzene rings is 5. The number of fused-ring (bicyclic) bond motifs is 11. The van der Waals surface area contributed by atoms with Crippen molar-refractivity contribution in [2.75, 3.05) is 0 Å². The molecule has 1 aliphatic carbocycles. The molecule has 0 saturated heterocycles. The van der Waals surface area contributed by atoms with Crippen LogP contribution in [0.5, 0.6) is 11.5 Å². The number of hydrogen-bond donors (Lipinski definition) is 0. The van der Waals surface area contributed by atoms with E-state index >= 15 is 0 Å². The molecule has 1 heterocycles. The van der Waals surface area contributed by atoms with Gasteiger partial charge in [-0.2, -0.15) is 0 Å². The van der Waals surface area contributed by atoms with E-state index in [2.05, 4.69) is 119 Å². The van der Waals surface area contributed by atoms with Gasteiger partial charge in [-0.25, -0.2) is 0 Å². The van der Waals surface area contributed by atoms with Crippen molar-refractivity contribution in [2.24, 2.45) is 0 Å². The Labute approximate surface area is 189 Å². The van der Waals surface area contributed by atoms with Gasteiger partial charge in [0, 0.05) is 21.2 Å². The van der Waals surface area contributed by atoms with E-state index in [4.69, 9.17) is 4.74 Å². The predicted octanol–water partition coefficient (Wildman–Crippen LogP) is 8.07. The highest BCUT2D eigenvalue weighted by atomic mass is 79.9. The van der Waals surface area contributed by atoms with E-state index in [0.717, 1.165) is 16.0 Å². The lowest BCUT2D eigenvalue weighted by Gasteiger charge is -2.39. The zero-order valence-corrected chi connectivity index (χ0v) is 18.2. The lowest BCUT2D eigenvalue weighted by atomic mass is 9.66. The molecule has 5 aromatic carbocycles. The molecule has 0 aromatic heterocycles. The van der Waals surface area contributed by atoms with Crippen LogP contribution in [-0.2, 0) is 5.41 Å². The first kappa shape index (κ1) is 17.3. The van der Waals surface area contributed by atoms with Crippen LogP contribution in [0.15, 0.2) is 108 Å². The normalized spacial score (nSPS) is 14.5. The summed E-state index contributed by atoms with van der Waals surface area (Å²) in [5.41, 5.74) is 7.19. The van der Waals surface area contributed by atoms with E-state index in [1.165, 1.54) is 44.2 Å². The van der Waals surface area contributed by atoms with Crippen molar-refractivity contribution >= 4 is 26.7 Å². The highest BCUT2D eigenvalue weighted by Crippen LogP contribution is 2.63. The minimum atomic E-state index is -0.413. The van der Waals surface area contributed by atoms with Gasteiger partial charge in [-0.15, -0.1) is 0 Å². The third kappa shape index (κ3) is 2.06. The molecular formula is C29H17BrO. The zero-order chi connectivity index (χ0) is 20.6. The van der Waals surface area contributed by atoms with Crippen LogP contribution in [0.1, 0.15) is 22.3 Å². The lowest BCUT2D eigenvalue weighted by molar-refractivity contribution is 0.436.